The Kier molecular flexibility index (Phi) is 9.03. The van der Waals surface area contributed by atoms with Crippen LogP contribution < -0.4 is 11.1 Å². The lowest BCUT2D eigenvalue weighted by Gasteiger charge is -2.08. The molecule has 0 aromatic heterocycles. The summed E-state index contributed by atoms with van der Waals surface area (Å²) in [5.74, 6) is 0.274. The highest BCUT2D eigenvalue weighted by molar-refractivity contribution is 7.99. The zero-order chi connectivity index (χ0) is 12.4. The van der Waals surface area contributed by atoms with Crippen molar-refractivity contribution in [1.29, 1.82) is 0 Å². The van der Waals surface area contributed by atoms with Gasteiger partial charge in [0.15, 0.2) is 0 Å². The Bertz CT molecular complexity index is 224. The van der Waals surface area contributed by atoms with Crippen molar-refractivity contribution in [3.8, 4) is 0 Å². The van der Waals surface area contributed by atoms with Gasteiger partial charge in [-0.05, 0) is 12.8 Å². The number of nitrogens with one attached hydrogen (secondary N) is 1. The van der Waals surface area contributed by atoms with Gasteiger partial charge in [-0.1, -0.05) is 6.92 Å². The van der Waals surface area contributed by atoms with E-state index in [1.54, 1.807) is 0 Å². The van der Waals surface area contributed by atoms with Crippen LogP contribution >= 0.6 is 11.8 Å². The number of aliphatic carboxylic acids is 1. The van der Waals surface area contributed by atoms with E-state index in [0.717, 1.165) is 12.2 Å². The summed E-state index contributed by atoms with van der Waals surface area (Å²) in [6.07, 6.45) is 1.47. The molecule has 1 atom stereocenters. The molecule has 0 heterocycles. The van der Waals surface area contributed by atoms with Crippen LogP contribution in [-0.4, -0.2) is 41.1 Å². The van der Waals surface area contributed by atoms with E-state index in [2.05, 4.69) is 5.32 Å². The lowest BCUT2D eigenvalue weighted by molar-refractivity contribution is -0.137. The van der Waals surface area contributed by atoms with Crippen LogP contribution in [-0.2, 0) is 9.59 Å². The monoisotopic (exact) mass is 248 g/mol. The van der Waals surface area contributed by atoms with Crippen molar-refractivity contribution in [2.24, 2.45) is 5.73 Å². The maximum absolute atomic E-state index is 11.2. The van der Waals surface area contributed by atoms with E-state index in [0.29, 0.717) is 18.7 Å². The van der Waals surface area contributed by atoms with Crippen molar-refractivity contribution in [2.45, 2.75) is 32.2 Å². The van der Waals surface area contributed by atoms with E-state index < -0.39 is 5.97 Å². The van der Waals surface area contributed by atoms with Crippen LogP contribution in [0.25, 0.3) is 0 Å². The Morgan fingerprint density at radius 3 is 2.75 bits per heavy atom. The minimum absolute atomic E-state index is 0.0568. The first kappa shape index (κ1) is 15.2. The van der Waals surface area contributed by atoms with Crippen LogP contribution in [0.5, 0.6) is 0 Å². The molecule has 0 aromatic carbocycles. The Hall–Kier alpha value is -0.750. The average Bonchev–Trinajstić information content (AvgIpc) is 2.24. The predicted molar refractivity (Wildman–Crippen MR) is 65.5 cm³/mol. The molecule has 1 unspecified atom stereocenters. The normalized spacial score (nSPS) is 12.1. The quantitative estimate of drug-likeness (QED) is 0.515. The largest absolute Gasteiger partial charge is 0.481 e. The zero-order valence-corrected chi connectivity index (χ0v) is 10.4. The van der Waals surface area contributed by atoms with Gasteiger partial charge < -0.3 is 16.2 Å². The van der Waals surface area contributed by atoms with Crippen LogP contribution in [0.15, 0.2) is 0 Å². The van der Waals surface area contributed by atoms with Gasteiger partial charge in [-0.25, -0.2) is 0 Å². The van der Waals surface area contributed by atoms with Crippen molar-refractivity contribution < 1.29 is 14.7 Å². The van der Waals surface area contributed by atoms with Gasteiger partial charge in [-0.15, -0.1) is 0 Å². The summed E-state index contributed by atoms with van der Waals surface area (Å²) in [5, 5.41) is 11.0. The minimum atomic E-state index is -0.836. The molecule has 4 N–H and O–H groups in total. The second-order valence-electron chi connectivity index (χ2n) is 3.53. The standard InChI is InChI=1S/C10H20N2O3S/c1-2-8(11)6-16-7-9(13)12-5-3-4-10(14)15/h8H,2-7,11H2,1H3,(H,12,13)(H,14,15). The molecule has 0 bridgehead atoms. The highest BCUT2D eigenvalue weighted by Gasteiger charge is 2.04. The number of hydrogen-bond donors (Lipinski definition) is 3. The average molecular weight is 248 g/mol. The molecule has 0 saturated carbocycles. The fourth-order valence-corrected chi connectivity index (χ4v) is 1.88. The van der Waals surface area contributed by atoms with Gasteiger partial charge in [0.2, 0.25) is 5.91 Å². The third kappa shape index (κ3) is 9.79. The van der Waals surface area contributed by atoms with E-state index in [9.17, 15) is 9.59 Å². The first-order valence-corrected chi connectivity index (χ1v) is 6.53. The molecular weight excluding hydrogens is 228 g/mol. The fraction of sp³-hybridized carbons (Fsp3) is 0.800. The lowest BCUT2D eigenvalue weighted by Crippen LogP contribution is -2.28. The van der Waals surface area contributed by atoms with Crippen molar-refractivity contribution in [3.05, 3.63) is 0 Å². The molecule has 94 valence electrons. The van der Waals surface area contributed by atoms with Gasteiger partial charge in [0.25, 0.3) is 0 Å². The summed E-state index contributed by atoms with van der Waals surface area (Å²) < 4.78 is 0. The molecule has 0 aliphatic carbocycles. The Morgan fingerprint density at radius 1 is 1.50 bits per heavy atom. The van der Waals surface area contributed by atoms with Crippen LogP contribution in [0.3, 0.4) is 0 Å². The minimum Gasteiger partial charge on any atom is -0.481 e. The smallest absolute Gasteiger partial charge is 0.303 e. The molecule has 0 aliphatic heterocycles. The van der Waals surface area contributed by atoms with E-state index in [1.165, 1.54) is 11.8 Å². The Labute approximate surface area is 100 Å². The number of amides is 1. The second kappa shape index (κ2) is 9.47. The first-order chi connectivity index (χ1) is 7.56. The molecule has 6 heteroatoms. The summed E-state index contributed by atoms with van der Waals surface area (Å²) in [4.78, 5) is 21.4. The number of carboxylic acid groups (broad SMARTS) is 1. The van der Waals surface area contributed by atoms with Crippen molar-refractivity contribution in [2.75, 3.05) is 18.1 Å². The number of nitrogens with two attached hydrogens (primary N) is 1. The van der Waals surface area contributed by atoms with Crippen LogP contribution in [0.2, 0.25) is 0 Å². The van der Waals surface area contributed by atoms with E-state index >= 15 is 0 Å². The predicted octanol–water partition coefficient (Wildman–Crippen LogP) is 0.438. The van der Waals surface area contributed by atoms with Gasteiger partial charge in [0.1, 0.15) is 0 Å². The third-order valence-electron chi connectivity index (χ3n) is 1.98. The van der Waals surface area contributed by atoms with E-state index in [-0.39, 0.29) is 18.4 Å². The molecule has 0 radical (unpaired) electrons. The SMILES string of the molecule is CCC(N)CSCC(=O)NCCCC(=O)O. The summed E-state index contributed by atoms with van der Waals surface area (Å²) in [7, 11) is 0. The summed E-state index contributed by atoms with van der Waals surface area (Å²) >= 11 is 1.51. The molecule has 1 amide bonds. The van der Waals surface area contributed by atoms with E-state index in [4.69, 9.17) is 10.8 Å². The Balaban J connectivity index is 3.34. The first-order valence-electron chi connectivity index (χ1n) is 5.38. The number of rotatable bonds is 9. The molecule has 0 aliphatic rings. The summed E-state index contributed by atoms with van der Waals surface area (Å²) in [6.45, 7) is 2.43. The second-order valence-corrected chi connectivity index (χ2v) is 4.56. The van der Waals surface area contributed by atoms with Crippen LogP contribution in [0.4, 0.5) is 0 Å². The number of hydrogen-bond acceptors (Lipinski definition) is 4. The van der Waals surface area contributed by atoms with Gasteiger partial charge in [-0.2, -0.15) is 11.8 Å². The molecular formula is C10H20N2O3S. The Morgan fingerprint density at radius 2 is 2.19 bits per heavy atom. The lowest BCUT2D eigenvalue weighted by atomic mass is 10.3. The fourth-order valence-electron chi connectivity index (χ4n) is 0.939. The highest BCUT2D eigenvalue weighted by atomic mass is 32.2. The van der Waals surface area contributed by atoms with Crippen molar-refractivity contribution >= 4 is 23.6 Å². The molecule has 0 aromatic rings. The highest BCUT2D eigenvalue weighted by Crippen LogP contribution is 2.03. The van der Waals surface area contributed by atoms with Gasteiger partial charge in [0, 0.05) is 24.8 Å². The van der Waals surface area contributed by atoms with Gasteiger partial charge in [0.05, 0.1) is 5.75 Å². The van der Waals surface area contributed by atoms with Crippen LogP contribution in [0.1, 0.15) is 26.2 Å². The molecule has 0 spiro atoms. The third-order valence-corrected chi connectivity index (χ3v) is 3.11. The number of carboxylic acids is 1. The number of carbonyl (C=O) groups excluding carboxylic acids is 1. The van der Waals surface area contributed by atoms with Gasteiger partial charge in [-0.3, -0.25) is 9.59 Å². The zero-order valence-electron chi connectivity index (χ0n) is 9.57. The summed E-state index contributed by atoms with van der Waals surface area (Å²) in [5.41, 5.74) is 5.70. The molecule has 0 fully saturated rings. The van der Waals surface area contributed by atoms with E-state index in [1.807, 2.05) is 6.92 Å². The molecule has 0 rings (SSSR count). The van der Waals surface area contributed by atoms with Crippen molar-refractivity contribution in [1.82, 2.24) is 5.32 Å². The maximum Gasteiger partial charge on any atom is 0.303 e. The molecule has 16 heavy (non-hydrogen) atoms. The molecule has 5 nitrogen and oxygen atoms in total. The van der Waals surface area contributed by atoms with Crippen LogP contribution in [0, 0.1) is 0 Å². The number of thioether (sulfide) groups is 1. The molecule has 0 saturated heterocycles. The number of carbonyl (C=O) groups is 2. The topological polar surface area (TPSA) is 92.4 Å². The van der Waals surface area contributed by atoms with Gasteiger partial charge >= 0.3 is 5.97 Å². The summed E-state index contributed by atoms with van der Waals surface area (Å²) in [6, 6.07) is 0.143. The maximum atomic E-state index is 11.2. The van der Waals surface area contributed by atoms with Crippen molar-refractivity contribution in [3.63, 3.8) is 0 Å².